The molecule has 1 N–H and O–H groups in total. The quantitative estimate of drug-likeness (QED) is 0.727. The first kappa shape index (κ1) is 22.2. The number of carbonyl (C=O) groups excluding carboxylic acids is 3. The second-order valence-electron chi connectivity index (χ2n) is 8.68. The third-order valence-corrected chi connectivity index (χ3v) is 4.80. The molecule has 0 saturated carbocycles. The maximum atomic E-state index is 13.2. The number of pyridine rings is 1. The van der Waals surface area contributed by atoms with Crippen LogP contribution in [-0.2, 0) is 14.3 Å². The first-order chi connectivity index (χ1) is 14.5. The Morgan fingerprint density at radius 2 is 1.84 bits per heavy atom. The summed E-state index contributed by atoms with van der Waals surface area (Å²) in [6.07, 6.45) is 1.26. The van der Waals surface area contributed by atoms with Gasteiger partial charge in [-0.15, -0.1) is 0 Å². The molecular formula is C24H26N2O5. The standard InChI is InChI=1S/C24H26N2O5/c1-14(2)31-23(30)15-9-8-10-16(13-15)26-19(17-11-6-7-12-25-17)18(20(27)22(26)29)21(28)24(3,4)5/h6-14,19,27H,1-5H3. The molecule has 0 fully saturated rings. The Morgan fingerprint density at radius 3 is 2.42 bits per heavy atom. The lowest BCUT2D eigenvalue weighted by molar-refractivity contribution is -0.123. The zero-order valence-electron chi connectivity index (χ0n) is 18.2. The van der Waals surface area contributed by atoms with E-state index in [4.69, 9.17) is 4.74 Å². The van der Waals surface area contributed by atoms with Gasteiger partial charge in [-0.25, -0.2) is 4.79 Å². The van der Waals surface area contributed by atoms with Crippen molar-refractivity contribution in [2.24, 2.45) is 5.41 Å². The van der Waals surface area contributed by atoms with Crippen LogP contribution in [0.2, 0.25) is 0 Å². The van der Waals surface area contributed by atoms with Gasteiger partial charge in [0.15, 0.2) is 11.5 Å². The average molecular weight is 422 g/mol. The number of ketones is 1. The van der Waals surface area contributed by atoms with Crippen LogP contribution in [0.25, 0.3) is 0 Å². The number of anilines is 1. The van der Waals surface area contributed by atoms with Gasteiger partial charge in [0, 0.05) is 17.3 Å². The Bertz CT molecular complexity index is 1050. The molecule has 1 aromatic carbocycles. The van der Waals surface area contributed by atoms with Gasteiger partial charge in [-0.05, 0) is 44.2 Å². The van der Waals surface area contributed by atoms with Crippen molar-refractivity contribution in [1.29, 1.82) is 0 Å². The van der Waals surface area contributed by atoms with Crippen molar-refractivity contribution in [3.05, 3.63) is 71.3 Å². The van der Waals surface area contributed by atoms with Crippen LogP contribution in [0.15, 0.2) is 60.0 Å². The third kappa shape index (κ3) is 4.35. The minimum atomic E-state index is -0.920. The number of hydrogen-bond acceptors (Lipinski definition) is 6. The minimum absolute atomic E-state index is 0.00800. The Labute approximate surface area is 181 Å². The number of aliphatic hydroxyl groups is 1. The molecule has 1 atom stereocenters. The molecule has 1 aliphatic rings. The molecule has 7 heteroatoms. The predicted molar refractivity (Wildman–Crippen MR) is 116 cm³/mol. The number of amides is 1. The molecule has 0 radical (unpaired) electrons. The molecule has 2 aromatic rings. The maximum absolute atomic E-state index is 13.2. The Morgan fingerprint density at radius 1 is 1.13 bits per heavy atom. The van der Waals surface area contributed by atoms with Gasteiger partial charge in [-0.1, -0.05) is 32.9 Å². The molecule has 1 unspecified atom stereocenters. The lowest BCUT2D eigenvalue weighted by Gasteiger charge is -2.28. The highest BCUT2D eigenvalue weighted by molar-refractivity contribution is 6.17. The van der Waals surface area contributed by atoms with Gasteiger partial charge in [0.25, 0.3) is 5.91 Å². The Kier molecular flexibility index (Phi) is 5.97. The summed E-state index contributed by atoms with van der Waals surface area (Å²) in [5.41, 5.74) is 0.209. The number of hydrogen-bond donors (Lipinski definition) is 1. The highest BCUT2D eigenvalue weighted by atomic mass is 16.5. The number of esters is 1. The van der Waals surface area contributed by atoms with E-state index in [1.54, 1.807) is 77.2 Å². The smallest absolute Gasteiger partial charge is 0.338 e. The van der Waals surface area contributed by atoms with Crippen LogP contribution in [0.4, 0.5) is 5.69 Å². The minimum Gasteiger partial charge on any atom is -0.503 e. The van der Waals surface area contributed by atoms with Crippen molar-refractivity contribution in [3.8, 4) is 0 Å². The zero-order chi connectivity index (χ0) is 22.9. The lowest BCUT2D eigenvalue weighted by Crippen LogP contribution is -2.33. The highest BCUT2D eigenvalue weighted by Gasteiger charge is 2.47. The summed E-state index contributed by atoms with van der Waals surface area (Å²) >= 11 is 0. The average Bonchev–Trinajstić information content (AvgIpc) is 2.98. The number of aliphatic hydroxyl groups excluding tert-OH is 1. The van der Waals surface area contributed by atoms with E-state index in [1.165, 1.54) is 11.0 Å². The summed E-state index contributed by atoms with van der Waals surface area (Å²) in [5, 5.41) is 10.7. The number of ether oxygens (including phenoxy) is 1. The van der Waals surface area contributed by atoms with Crippen LogP contribution in [0.5, 0.6) is 0 Å². The second kappa shape index (κ2) is 8.34. The van der Waals surface area contributed by atoms with Gasteiger partial charge in [-0.3, -0.25) is 19.5 Å². The van der Waals surface area contributed by atoms with E-state index < -0.39 is 29.1 Å². The first-order valence-electron chi connectivity index (χ1n) is 10.1. The topological polar surface area (TPSA) is 96.8 Å². The van der Waals surface area contributed by atoms with Crippen molar-refractivity contribution in [1.82, 2.24) is 4.98 Å². The van der Waals surface area contributed by atoms with E-state index in [2.05, 4.69) is 4.98 Å². The monoisotopic (exact) mass is 422 g/mol. The number of benzene rings is 1. The molecule has 0 spiro atoms. The van der Waals surface area contributed by atoms with Crippen LogP contribution >= 0.6 is 0 Å². The third-order valence-electron chi connectivity index (χ3n) is 4.80. The number of nitrogens with zero attached hydrogens (tertiary/aromatic N) is 2. The zero-order valence-corrected chi connectivity index (χ0v) is 18.2. The van der Waals surface area contributed by atoms with E-state index in [0.29, 0.717) is 11.4 Å². The Balaban J connectivity index is 2.13. The SMILES string of the molecule is CC(C)OC(=O)c1cccc(N2C(=O)C(O)=C(C(=O)C(C)(C)C)C2c2ccccn2)c1. The van der Waals surface area contributed by atoms with Crippen LogP contribution < -0.4 is 4.90 Å². The van der Waals surface area contributed by atoms with Gasteiger partial charge in [0.05, 0.1) is 22.9 Å². The normalized spacial score (nSPS) is 16.8. The molecule has 1 amide bonds. The van der Waals surface area contributed by atoms with Crippen LogP contribution in [-0.4, -0.2) is 33.9 Å². The fraction of sp³-hybridized carbons (Fsp3) is 0.333. The summed E-state index contributed by atoms with van der Waals surface area (Å²) in [7, 11) is 0. The van der Waals surface area contributed by atoms with Crippen molar-refractivity contribution in [2.75, 3.05) is 4.90 Å². The molecule has 3 rings (SSSR count). The van der Waals surface area contributed by atoms with E-state index >= 15 is 0 Å². The first-order valence-corrected chi connectivity index (χ1v) is 10.1. The lowest BCUT2D eigenvalue weighted by atomic mass is 9.83. The van der Waals surface area contributed by atoms with Crippen LogP contribution in [0.1, 0.15) is 56.7 Å². The van der Waals surface area contributed by atoms with Gasteiger partial charge in [0.2, 0.25) is 0 Å². The molecular weight excluding hydrogens is 396 g/mol. The Hall–Kier alpha value is -3.48. The van der Waals surface area contributed by atoms with Crippen LogP contribution in [0.3, 0.4) is 0 Å². The van der Waals surface area contributed by atoms with Gasteiger partial charge in [-0.2, -0.15) is 0 Å². The summed E-state index contributed by atoms with van der Waals surface area (Å²) in [6, 6.07) is 10.6. The van der Waals surface area contributed by atoms with E-state index in [1.807, 2.05) is 0 Å². The molecule has 0 aliphatic carbocycles. The van der Waals surface area contributed by atoms with Gasteiger partial charge >= 0.3 is 5.97 Å². The van der Waals surface area contributed by atoms with E-state index in [0.717, 1.165) is 0 Å². The molecule has 162 valence electrons. The van der Waals surface area contributed by atoms with E-state index in [9.17, 15) is 19.5 Å². The van der Waals surface area contributed by atoms with E-state index in [-0.39, 0.29) is 23.0 Å². The molecule has 0 saturated heterocycles. The van der Waals surface area contributed by atoms with Gasteiger partial charge in [0.1, 0.15) is 6.04 Å². The largest absolute Gasteiger partial charge is 0.503 e. The van der Waals surface area contributed by atoms with Crippen molar-refractivity contribution < 1.29 is 24.2 Å². The number of rotatable bonds is 5. The van der Waals surface area contributed by atoms with Crippen molar-refractivity contribution in [3.63, 3.8) is 0 Å². The molecule has 2 heterocycles. The highest BCUT2D eigenvalue weighted by Crippen LogP contribution is 2.42. The molecule has 31 heavy (non-hydrogen) atoms. The molecule has 1 aliphatic heterocycles. The van der Waals surface area contributed by atoms with Crippen molar-refractivity contribution in [2.45, 2.75) is 46.8 Å². The second-order valence-corrected chi connectivity index (χ2v) is 8.68. The summed E-state index contributed by atoms with van der Waals surface area (Å²) < 4.78 is 5.25. The number of Topliss-reactive ketones (excluding diaryl/α,β-unsaturated/α-hetero) is 1. The van der Waals surface area contributed by atoms with Gasteiger partial charge < -0.3 is 9.84 Å². The van der Waals surface area contributed by atoms with Crippen LogP contribution in [0, 0.1) is 5.41 Å². The molecule has 7 nitrogen and oxygen atoms in total. The van der Waals surface area contributed by atoms with Crippen molar-refractivity contribution >= 4 is 23.3 Å². The summed E-state index contributed by atoms with van der Waals surface area (Å²) in [6.45, 7) is 8.66. The number of aromatic nitrogens is 1. The summed E-state index contributed by atoms with van der Waals surface area (Å²) in [4.78, 5) is 44.3. The summed E-state index contributed by atoms with van der Waals surface area (Å²) in [5.74, 6) is -2.21. The fourth-order valence-corrected chi connectivity index (χ4v) is 3.39. The molecule has 0 bridgehead atoms. The maximum Gasteiger partial charge on any atom is 0.338 e. The fourth-order valence-electron chi connectivity index (χ4n) is 3.39. The predicted octanol–water partition coefficient (Wildman–Crippen LogP) is 4.16. The number of carbonyl (C=O) groups is 3. The molecule has 1 aromatic heterocycles.